The molecule has 1 saturated heterocycles. The molecule has 1 aromatic carbocycles. The molecule has 1 aliphatic rings. The van der Waals surface area contributed by atoms with E-state index in [-0.39, 0.29) is 17.7 Å². The van der Waals surface area contributed by atoms with E-state index >= 15 is 0 Å². The lowest BCUT2D eigenvalue weighted by Crippen LogP contribution is -2.50. The fraction of sp³-hybridized carbons (Fsp3) is 0.350. The van der Waals surface area contributed by atoms with Crippen molar-refractivity contribution < 1.29 is 18.7 Å². The molecule has 7 nitrogen and oxygen atoms in total. The van der Waals surface area contributed by atoms with Crippen LogP contribution in [0.15, 0.2) is 30.5 Å². The van der Waals surface area contributed by atoms with Crippen LogP contribution in [0.5, 0.6) is 0 Å². The number of carbonyl (C=O) groups is 1. The number of benzene rings is 1. The summed E-state index contributed by atoms with van der Waals surface area (Å²) in [6, 6.07) is 5.29. The molecule has 2 aromatic heterocycles. The summed E-state index contributed by atoms with van der Waals surface area (Å²) in [5.41, 5.74) is 1.08. The van der Waals surface area contributed by atoms with Crippen LogP contribution in [0.3, 0.4) is 0 Å². The van der Waals surface area contributed by atoms with E-state index in [4.69, 9.17) is 0 Å². The Labute approximate surface area is 176 Å². The van der Waals surface area contributed by atoms with Crippen molar-refractivity contribution in [3.05, 3.63) is 47.7 Å². The highest BCUT2D eigenvalue weighted by molar-refractivity contribution is 7.22. The van der Waals surface area contributed by atoms with Crippen molar-refractivity contribution in [1.82, 2.24) is 14.9 Å². The van der Waals surface area contributed by atoms with Gasteiger partial charge in [0.1, 0.15) is 5.82 Å². The highest BCUT2D eigenvalue weighted by Gasteiger charge is 2.25. The van der Waals surface area contributed by atoms with Gasteiger partial charge in [-0.05, 0) is 30.7 Å². The molecule has 1 unspecified atom stereocenters. The van der Waals surface area contributed by atoms with Crippen LogP contribution in [-0.2, 0) is 0 Å². The van der Waals surface area contributed by atoms with Crippen molar-refractivity contribution in [1.29, 1.82) is 0 Å². The minimum absolute atomic E-state index is 0.218. The third-order valence-electron chi connectivity index (χ3n) is 5.05. The molecule has 0 spiro atoms. The lowest BCUT2D eigenvalue weighted by molar-refractivity contribution is 0.173. The smallest absolute Gasteiger partial charge is 0.323 e. The number of urea groups is 1. The van der Waals surface area contributed by atoms with Crippen LogP contribution in [0.4, 0.5) is 24.5 Å². The zero-order valence-electron chi connectivity index (χ0n) is 16.3. The van der Waals surface area contributed by atoms with Crippen LogP contribution in [0.1, 0.15) is 25.0 Å². The van der Waals surface area contributed by atoms with E-state index in [2.05, 4.69) is 15.3 Å². The molecule has 1 aliphatic heterocycles. The van der Waals surface area contributed by atoms with Gasteiger partial charge in [0.25, 0.3) is 0 Å². The SMILES string of the molecule is CCC(O)c1cnc(N2CCN(C(=O)Nc3nc4ccc(F)cc4s3)CC2)c(F)c1. The Bertz CT molecular complexity index is 1070. The highest BCUT2D eigenvalue weighted by Crippen LogP contribution is 2.27. The Morgan fingerprint density at radius 1 is 1.27 bits per heavy atom. The molecule has 0 saturated carbocycles. The molecule has 0 bridgehead atoms. The van der Waals surface area contributed by atoms with Gasteiger partial charge in [-0.25, -0.2) is 23.5 Å². The normalized spacial score (nSPS) is 15.5. The van der Waals surface area contributed by atoms with Gasteiger partial charge in [0.15, 0.2) is 16.8 Å². The van der Waals surface area contributed by atoms with Crippen molar-refractivity contribution in [3.8, 4) is 0 Å². The van der Waals surface area contributed by atoms with E-state index < -0.39 is 11.9 Å². The number of anilines is 2. The van der Waals surface area contributed by atoms with Crippen molar-refractivity contribution >= 4 is 38.5 Å². The fourth-order valence-corrected chi connectivity index (χ4v) is 4.22. The van der Waals surface area contributed by atoms with Gasteiger partial charge in [-0.15, -0.1) is 0 Å². The maximum atomic E-state index is 14.5. The largest absolute Gasteiger partial charge is 0.388 e. The summed E-state index contributed by atoms with van der Waals surface area (Å²) < 4.78 is 28.4. The van der Waals surface area contributed by atoms with E-state index in [1.807, 2.05) is 6.92 Å². The van der Waals surface area contributed by atoms with Crippen LogP contribution < -0.4 is 10.2 Å². The second-order valence-electron chi connectivity index (χ2n) is 7.03. The van der Waals surface area contributed by atoms with Crippen LogP contribution >= 0.6 is 11.3 Å². The Kier molecular flexibility index (Phi) is 5.78. The van der Waals surface area contributed by atoms with Gasteiger partial charge >= 0.3 is 6.03 Å². The number of aliphatic hydroxyl groups excluding tert-OH is 1. The number of carbonyl (C=O) groups excluding carboxylic acids is 1. The number of rotatable bonds is 4. The number of nitrogens with zero attached hydrogens (tertiary/aromatic N) is 4. The number of pyridine rings is 1. The van der Waals surface area contributed by atoms with Crippen LogP contribution in [-0.4, -0.2) is 52.2 Å². The van der Waals surface area contributed by atoms with E-state index in [9.17, 15) is 18.7 Å². The number of piperazine rings is 1. The molecule has 3 aromatic rings. The number of thiazole rings is 1. The van der Waals surface area contributed by atoms with Gasteiger partial charge in [0, 0.05) is 37.9 Å². The van der Waals surface area contributed by atoms with Gasteiger partial charge in [-0.3, -0.25) is 5.32 Å². The minimum Gasteiger partial charge on any atom is -0.388 e. The summed E-state index contributed by atoms with van der Waals surface area (Å²) in [7, 11) is 0. The number of halogens is 2. The molecule has 4 rings (SSSR count). The first-order chi connectivity index (χ1) is 14.4. The lowest BCUT2D eigenvalue weighted by atomic mass is 10.1. The summed E-state index contributed by atoms with van der Waals surface area (Å²) in [6.45, 7) is 3.46. The molecular weight excluding hydrogens is 412 g/mol. The van der Waals surface area contributed by atoms with Crippen LogP contribution in [0, 0.1) is 11.6 Å². The van der Waals surface area contributed by atoms with Gasteiger partial charge in [0.2, 0.25) is 0 Å². The average Bonchev–Trinajstić information content (AvgIpc) is 3.14. The molecule has 158 valence electrons. The number of hydrogen-bond acceptors (Lipinski definition) is 6. The Balaban J connectivity index is 1.37. The molecule has 0 radical (unpaired) electrons. The first-order valence-electron chi connectivity index (χ1n) is 9.65. The summed E-state index contributed by atoms with van der Waals surface area (Å²) in [6.07, 6.45) is 1.24. The third kappa shape index (κ3) is 4.19. The molecular formula is C20H21F2N5O2S. The van der Waals surface area contributed by atoms with E-state index in [1.54, 1.807) is 15.9 Å². The monoisotopic (exact) mass is 433 g/mol. The molecule has 2 amide bonds. The number of nitrogens with one attached hydrogen (secondary N) is 1. The quantitative estimate of drug-likeness (QED) is 0.655. The van der Waals surface area contributed by atoms with Crippen LogP contribution in [0.25, 0.3) is 10.2 Å². The first-order valence-corrected chi connectivity index (χ1v) is 10.5. The molecule has 1 fully saturated rings. The van der Waals surface area contributed by atoms with Gasteiger partial charge < -0.3 is 14.9 Å². The van der Waals surface area contributed by atoms with Gasteiger partial charge in [-0.1, -0.05) is 18.3 Å². The molecule has 1 atom stereocenters. The number of aromatic nitrogens is 2. The molecule has 30 heavy (non-hydrogen) atoms. The van der Waals surface area contributed by atoms with Crippen molar-refractivity contribution in [2.45, 2.75) is 19.4 Å². The van der Waals surface area contributed by atoms with Crippen molar-refractivity contribution in [3.63, 3.8) is 0 Å². The minimum atomic E-state index is -0.736. The zero-order chi connectivity index (χ0) is 21.3. The summed E-state index contributed by atoms with van der Waals surface area (Å²) in [5, 5.41) is 13.0. The maximum absolute atomic E-state index is 14.5. The van der Waals surface area contributed by atoms with Gasteiger partial charge in [-0.2, -0.15) is 0 Å². The first kappa shape index (κ1) is 20.4. The number of amides is 2. The number of fused-ring (bicyclic) bond motifs is 1. The zero-order valence-corrected chi connectivity index (χ0v) is 17.1. The van der Waals surface area contributed by atoms with E-state index in [0.717, 1.165) is 0 Å². The predicted octanol–water partition coefficient (Wildman–Crippen LogP) is 3.77. The summed E-state index contributed by atoms with van der Waals surface area (Å²) >= 11 is 1.21. The van der Waals surface area contributed by atoms with Crippen molar-refractivity contribution in [2.24, 2.45) is 0 Å². The second-order valence-corrected chi connectivity index (χ2v) is 8.06. The third-order valence-corrected chi connectivity index (χ3v) is 5.98. The average molecular weight is 433 g/mol. The van der Waals surface area contributed by atoms with E-state index in [1.165, 1.54) is 35.7 Å². The molecule has 0 aliphatic carbocycles. The number of aliphatic hydroxyl groups is 1. The molecule has 2 N–H and O–H groups in total. The Hall–Kier alpha value is -2.85. The predicted molar refractivity (Wildman–Crippen MR) is 112 cm³/mol. The highest BCUT2D eigenvalue weighted by atomic mass is 32.1. The molecule has 10 heteroatoms. The maximum Gasteiger partial charge on any atom is 0.323 e. The summed E-state index contributed by atoms with van der Waals surface area (Å²) in [5.74, 6) is -0.617. The summed E-state index contributed by atoms with van der Waals surface area (Å²) in [4.78, 5) is 24.4. The fourth-order valence-electron chi connectivity index (χ4n) is 3.34. The lowest BCUT2D eigenvalue weighted by Gasteiger charge is -2.35. The Morgan fingerprint density at radius 3 is 2.73 bits per heavy atom. The van der Waals surface area contributed by atoms with E-state index in [0.29, 0.717) is 53.5 Å². The van der Waals surface area contributed by atoms with Gasteiger partial charge in [0.05, 0.1) is 16.3 Å². The number of hydrogen-bond donors (Lipinski definition) is 2. The Morgan fingerprint density at radius 2 is 2.03 bits per heavy atom. The molecule has 3 heterocycles. The van der Waals surface area contributed by atoms with Crippen LogP contribution in [0.2, 0.25) is 0 Å². The van der Waals surface area contributed by atoms with Crippen molar-refractivity contribution in [2.75, 3.05) is 36.4 Å². The standard InChI is InChI=1S/C20H21F2N5O2S/c1-2-16(28)12-9-14(22)18(23-11-12)26-5-7-27(8-6-26)20(29)25-19-24-15-4-3-13(21)10-17(15)30-19/h3-4,9-11,16,28H,2,5-8H2,1H3,(H,24,25,29). The topological polar surface area (TPSA) is 81.6 Å². The second kappa shape index (κ2) is 8.49.